The largest absolute Gasteiger partial charge is 0.508 e. The molecule has 0 amide bonds. The molecule has 0 fully saturated rings. The van der Waals surface area contributed by atoms with E-state index in [-0.39, 0.29) is 11.4 Å². The van der Waals surface area contributed by atoms with Crippen molar-refractivity contribution in [3.05, 3.63) is 53.6 Å². The van der Waals surface area contributed by atoms with E-state index >= 15 is 0 Å². The number of carbonyl (C=O) groups is 1. The number of rotatable bonds is 9. The second kappa shape index (κ2) is 10.3. The highest BCUT2D eigenvalue weighted by Gasteiger charge is 2.41. The minimum Gasteiger partial charge on any atom is -0.508 e. The second-order valence-corrected chi connectivity index (χ2v) is 9.43. The molecule has 1 aliphatic rings. The molecule has 1 aliphatic heterocycles. The van der Waals surface area contributed by atoms with Gasteiger partial charge in [-0.15, -0.1) is 11.8 Å². The zero-order chi connectivity index (χ0) is 21.6. The molecule has 0 saturated carbocycles. The Hall–Kier alpha value is -2.14. The lowest BCUT2D eigenvalue weighted by Crippen LogP contribution is -2.36. The molecule has 162 valence electrons. The molecule has 0 bridgehead atoms. The molecule has 4 nitrogen and oxygen atoms in total. The van der Waals surface area contributed by atoms with Gasteiger partial charge < -0.3 is 14.9 Å². The van der Waals surface area contributed by atoms with Crippen LogP contribution in [0.5, 0.6) is 11.5 Å². The van der Waals surface area contributed by atoms with Crippen LogP contribution in [0.15, 0.2) is 47.4 Å². The number of aromatic hydroxyl groups is 2. The summed E-state index contributed by atoms with van der Waals surface area (Å²) in [5.41, 5.74) is 2.52. The zero-order valence-corrected chi connectivity index (χ0v) is 18.7. The Morgan fingerprint density at radius 1 is 1.03 bits per heavy atom. The molecular formula is C25H32O4S. The zero-order valence-electron chi connectivity index (χ0n) is 17.9. The van der Waals surface area contributed by atoms with E-state index in [1.807, 2.05) is 18.2 Å². The molecule has 2 aromatic carbocycles. The first-order valence-corrected chi connectivity index (χ1v) is 11.7. The van der Waals surface area contributed by atoms with Gasteiger partial charge in [0.2, 0.25) is 0 Å². The molecule has 0 saturated heterocycles. The summed E-state index contributed by atoms with van der Waals surface area (Å²) in [6.45, 7) is 2.32. The number of carbonyl (C=O) groups excluding carboxylic acids is 1. The molecule has 0 spiro atoms. The monoisotopic (exact) mass is 428 g/mol. The van der Waals surface area contributed by atoms with Gasteiger partial charge >= 0.3 is 5.97 Å². The predicted octanol–water partition coefficient (Wildman–Crippen LogP) is 6.15. The van der Waals surface area contributed by atoms with Crippen molar-refractivity contribution in [3.8, 4) is 11.5 Å². The number of ether oxygens (including phenoxy) is 1. The van der Waals surface area contributed by atoms with E-state index in [2.05, 4.69) is 13.0 Å². The van der Waals surface area contributed by atoms with Crippen molar-refractivity contribution in [1.82, 2.24) is 0 Å². The molecule has 2 N–H and O–H groups in total. The van der Waals surface area contributed by atoms with Gasteiger partial charge in [0.25, 0.3) is 0 Å². The summed E-state index contributed by atoms with van der Waals surface area (Å²) in [5, 5.41) is 19.7. The fourth-order valence-electron chi connectivity index (χ4n) is 4.46. The van der Waals surface area contributed by atoms with Gasteiger partial charge in [0.1, 0.15) is 11.5 Å². The molecule has 3 rings (SSSR count). The van der Waals surface area contributed by atoms with E-state index in [1.54, 1.807) is 30.0 Å². The van der Waals surface area contributed by atoms with E-state index < -0.39 is 0 Å². The average Bonchev–Trinajstić information content (AvgIpc) is 2.74. The Bertz CT molecular complexity index is 849. The summed E-state index contributed by atoms with van der Waals surface area (Å²) in [5.74, 6) is 1.78. The van der Waals surface area contributed by atoms with Crippen LogP contribution < -0.4 is 0 Å². The SMILES string of the molecule is COC(=O)CCCCCCC[C@@H]1c2ccc(O)cc2SC[C@@]1(C)c1ccc(O)cc1. The Kier molecular flexibility index (Phi) is 7.70. The summed E-state index contributed by atoms with van der Waals surface area (Å²) in [7, 11) is 1.44. The highest BCUT2D eigenvalue weighted by Crippen LogP contribution is 2.52. The molecule has 1 heterocycles. The third-order valence-electron chi connectivity index (χ3n) is 6.30. The molecule has 0 radical (unpaired) electrons. The first kappa shape index (κ1) is 22.5. The maximum absolute atomic E-state index is 11.2. The minimum absolute atomic E-state index is 0.0345. The Balaban J connectivity index is 1.69. The predicted molar refractivity (Wildman–Crippen MR) is 121 cm³/mol. The lowest BCUT2D eigenvalue weighted by molar-refractivity contribution is -0.140. The fraction of sp³-hybridized carbons (Fsp3) is 0.480. The highest BCUT2D eigenvalue weighted by molar-refractivity contribution is 7.99. The van der Waals surface area contributed by atoms with Crippen LogP contribution in [0.4, 0.5) is 0 Å². The molecule has 2 aromatic rings. The third kappa shape index (κ3) is 5.31. The van der Waals surface area contributed by atoms with Gasteiger partial charge in [-0.25, -0.2) is 0 Å². The summed E-state index contributed by atoms with van der Waals surface area (Å²) in [4.78, 5) is 12.4. The van der Waals surface area contributed by atoms with Crippen LogP contribution in [0.1, 0.15) is 68.9 Å². The average molecular weight is 429 g/mol. The first-order chi connectivity index (χ1) is 14.4. The van der Waals surface area contributed by atoms with Gasteiger partial charge in [-0.2, -0.15) is 0 Å². The van der Waals surface area contributed by atoms with Crippen molar-refractivity contribution in [3.63, 3.8) is 0 Å². The number of esters is 1. The summed E-state index contributed by atoms with van der Waals surface area (Å²) < 4.78 is 4.70. The van der Waals surface area contributed by atoms with Crippen LogP contribution in [0.25, 0.3) is 0 Å². The Labute approximate surface area is 183 Å². The lowest BCUT2D eigenvalue weighted by atomic mass is 9.68. The second-order valence-electron chi connectivity index (χ2n) is 8.41. The van der Waals surface area contributed by atoms with Gasteiger partial charge in [0.05, 0.1) is 7.11 Å². The number of hydrogen-bond acceptors (Lipinski definition) is 5. The van der Waals surface area contributed by atoms with Crippen molar-refractivity contribution in [1.29, 1.82) is 0 Å². The Morgan fingerprint density at radius 3 is 2.43 bits per heavy atom. The number of phenolic OH excluding ortho intramolecular Hbond substituents is 2. The summed E-state index contributed by atoms with van der Waals surface area (Å²) in [6.07, 6.45) is 6.91. The van der Waals surface area contributed by atoms with E-state index in [0.29, 0.717) is 23.8 Å². The molecule has 30 heavy (non-hydrogen) atoms. The number of unbranched alkanes of at least 4 members (excludes halogenated alkanes) is 4. The van der Waals surface area contributed by atoms with Crippen LogP contribution in [-0.4, -0.2) is 29.0 Å². The van der Waals surface area contributed by atoms with Gasteiger partial charge in [0, 0.05) is 22.5 Å². The molecule has 2 atom stereocenters. The first-order valence-electron chi connectivity index (χ1n) is 10.8. The van der Waals surface area contributed by atoms with Crippen LogP contribution >= 0.6 is 11.8 Å². The number of benzene rings is 2. The van der Waals surface area contributed by atoms with Crippen LogP contribution in [0, 0.1) is 0 Å². The maximum Gasteiger partial charge on any atom is 0.305 e. The summed E-state index contributed by atoms with van der Waals surface area (Å²) in [6, 6.07) is 13.4. The van der Waals surface area contributed by atoms with Gasteiger partial charge in [-0.3, -0.25) is 4.79 Å². The third-order valence-corrected chi connectivity index (χ3v) is 7.71. The van der Waals surface area contributed by atoms with Gasteiger partial charge in [0.15, 0.2) is 0 Å². The highest BCUT2D eigenvalue weighted by atomic mass is 32.2. The van der Waals surface area contributed by atoms with Crippen molar-refractivity contribution >= 4 is 17.7 Å². The van der Waals surface area contributed by atoms with Crippen LogP contribution in [0.2, 0.25) is 0 Å². The topological polar surface area (TPSA) is 66.8 Å². The standard InChI is InChI=1S/C25H32O4S/c1-25(18-10-12-19(26)13-11-18)17-30-23-16-20(27)14-15-21(23)22(25)8-6-4-3-5-7-9-24(28)29-2/h10-16,22,26-27H,3-9,17H2,1-2H3/t22-,25+/m1/s1. The van der Waals surface area contributed by atoms with Crippen LogP contribution in [-0.2, 0) is 14.9 Å². The van der Waals surface area contributed by atoms with E-state index in [9.17, 15) is 15.0 Å². The molecule has 0 aliphatic carbocycles. The number of fused-ring (bicyclic) bond motifs is 1. The van der Waals surface area contributed by atoms with Crippen LogP contribution in [0.3, 0.4) is 0 Å². The number of phenols is 2. The fourth-order valence-corrected chi connectivity index (χ4v) is 5.86. The molecule has 0 aromatic heterocycles. The van der Waals surface area contributed by atoms with Gasteiger partial charge in [-0.05, 0) is 54.2 Å². The number of thioether (sulfide) groups is 1. The lowest BCUT2D eigenvalue weighted by Gasteiger charge is -2.43. The van der Waals surface area contributed by atoms with Gasteiger partial charge in [-0.1, -0.05) is 50.8 Å². The van der Waals surface area contributed by atoms with Crippen molar-refractivity contribution < 1.29 is 19.7 Å². The van der Waals surface area contributed by atoms with Crippen molar-refractivity contribution in [2.45, 2.75) is 68.1 Å². The smallest absolute Gasteiger partial charge is 0.305 e. The maximum atomic E-state index is 11.2. The van der Waals surface area contributed by atoms with Crippen molar-refractivity contribution in [2.75, 3.05) is 12.9 Å². The minimum atomic E-state index is -0.126. The summed E-state index contributed by atoms with van der Waals surface area (Å²) >= 11 is 1.80. The molecule has 5 heteroatoms. The van der Waals surface area contributed by atoms with Crippen molar-refractivity contribution in [2.24, 2.45) is 0 Å². The number of hydrogen-bond donors (Lipinski definition) is 2. The molecular weight excluding hydrogens is 396 g/mol. The van der Waals surface area contributed by atoms with E-state index in [4.69, 9.17) is 4.74 Å². The number of methoxy groups -OCH3 is 1. The quantitative estimate of drug-likeness (QED) is 0.370. The Morgan fingerprint density at radius 2 is 1.70 bits per heavy atom. The normalized spacial score (nSPS) is 20.5. The molecule has 0 unspecified atom stereocenters. The van der Waals surface area contributed by atoms with E-state index in [1.165, 1.54) is 23.1 Å². The van der Waals surface area contributed by atoms with E-state index in [0.717, 1.165) is 44.3 Å².